The largest absolute Gasteiger partial charge is 0.516 e. The van der Waals surface area contributed by atoms with E-state index in [1.807, 2.05) is 24.3 Å². The minimum atomic E-state index is -0.963. The molecule has 0 aromatic heterocycles. The molecule has 4 aromatic rings. The zero-order chi connectivity index (χ0) is 43.3. The molecular weight excluding hydrogens is 1590 g/mol. The van der Waals surface area contributed by atoms with Gasteiger partial charge < -0.3 is 24.0 Å². The Morgan fingerprint density at radius 3 is 1.32 bits per heavy atom. The molecule has 5 saturated carbocycles. The minimum absolute atomic E-state index is 0. The average Bonchev–Trinajstić information content (AvgIpc) is 3.33. The first-order valence-electron chi connectivity index (χ1n) is 23.5. The van der Waals surface area contributed by atoms with Gasteiger partial charge in [-0.15, -0.1) is 29.8 Å². The summed E-state index contributed by atoms with van der Waals surface area (Å²) in [7, 11) is 0. The van der Waals surface area contributed by atoms with Crippen molar-refractivity contribution in [2.24, 2.45) is 29.6 Å². The molecule has 71 heavy (non-hydrogen) atoms. The van der Waals surface area contributed by atoms with Gasteiger partial charge in [0.05, 0.1) is 18.2 Å². The first kappa shape index (κ1) is 81.4. The molecule has 0 unspecified atom stereocenters. The topological polar surface area (TPSA) is 9.23 Å². The Hall–Kier alpha value is 6.20. The fourth-order valence-electron chi connectivity index (χ4n) is 11.0. The van der Waals surface area contributed by atoms with Crippen LogP contribution in [-0.2, 0) is 294 Å². The molecule has 5 fully saturated rings. The molecular formula is C55H62F6OY9-6. The molecule has 0 aliphatic heterocycles. The molecule has 0 saturated heterocycles. The number of benzene rings is 4. The fourth-order valence-corrected chi connectivity index (χ4v) is 11.0. The maximum absolute atomic E-state index is 13.8. The van der Waals surface area contributed by atoms with E-state index >= 15 is 0 Å². The number of hydrogen-bond acceptors (Lipinski definition) is 1. The summed E-state index contributed by atoms with van der Waals surface area (Å²) in [5.74, 6) is -0.407. The van der Waals surface area contributed by atoms with Crippen LogP contribution in [0.5, 0.6) is 5.75 Å². The van der Waals surface area contributed by atoms with Crippen molar-refractivity contribution in [3.8, 4) is 16.9 Å². The quantitative estimate of drug-likeness (QED) is 0.126. The average molecular weight is 1650 g/mol. The normalized spacial score (nSPS) is 20.9. The number of hydrogen-bond donors (Lipinski definition) is 0. The second kappa shape index (κ2) is 44.7. The minimum Gasteiger partial charge on any atom is -0.516 e. The van der Waals surface area contributed by atoms with Crippen LogP contribution >= 0.6 is 0 Å². The molecule has 0 heterocycles. The number of rotatable bonds is 8. The fraction of sp³-hybridized carbons (Fsp3) is 0.509. The van der Waals surface area contributed by atoms with E-state index in [0.717, 1.165) is 49.4 Å². The summed E-state index contributed by atoms with van der Waals surface area (Å²) in [5, 5.41) is 0. The van der Waals surface area contributed by atoms with Gasteiger partial charge in [-0.3, -0.25) is 13.2 Å². The Balaban J connectivity index is -0.000000920. The second-order valence-corrected chi connectivity index (χ2v) is 18.4. The molecule has 0 bridgehead atoms. The van der Waals surface area contributed by atoms with E-state index in [9.17, 15) is 26.3 Å². The van der Waals surface area contributed by atoms with E-state index in [1.54, 1.807) is 12.1 Å². The summed E-state index contributed by atoms with van der Waals surface area (Å²) in [6, 6.07) is 23.6. The predicted octanol–water partition coefficient (Wildman–Crippen LogP) is 16.0. The Morgan fingerprint density at radius 2 is 0.817 bits per heavy atom. The maximum atomic E-state index is 13.8. The van der Waals surface area contributed by atoms with Crippen molar-refractivity contribution in [2.45, 2.75) is 140 Å². The summed E-state index contributed by atoms with van der Waals surface area (Å²) < 4.78 is 86.1. The van der Waals surface area contributed by atoms with Crippen molar-refractivity contribution in [3.63, 3.8) is 0 Å². The van der Waals surface area contributed by atoms with E-state index in [4.69, 9.17) is 4.74 Å². The molecule has 5 aliphatic rings. The van der Waals surface area contributed by atoms with E-state index in [2.05, 4.69) is 37.5 Å². The summed E-state index contributed by atoms with van der Waals surface area (Å²) in [4.78, 5) is 0. The first-order valence-corrected chi connectivity index (χ1v) is 23.5. The molecule has 0 amide bonds. The summed E-state index contributed by atoms with van der Waals surface area (Å²) in [6.07, 6.45) is 31.5. The van der Waals surface area contributed by atoms with E-state index in [1.165, 1.54) is 133 Å². The van der Waals surface area contributed by atoms with Crippen molar-refractivity contribution in [1.29, 1.82) is 0 Å². The van der Waals surface area contributed by atoms with Gasteiger partial charge in [-0.1, -0.05) is 68.4 Å². The summed E-state index contributed by atoms with van der Waals surface area (Å²) >= 11 is 0. The molecule has 363 valence electrons. The molecule has 9 rings (SSSR count). The van der Waals surface area contributed by atoms with Crippen LogP contribution in [0.4, 0.5) is 26.3 Å². The molecule has 0 N–H and O–H groups in total. The molecule has 4 aromatic carbocycles. The van der Waals surface area contributed by atoms with Gasteiger partial charge in [0.2, 0.25) is 0 Å². The molecule has 16 heteroatoms. The van der Waals surface area contributed by atoms with Crippen LogP contribution < -0.4 is 4.74 Å². The number of halogens is 6. The van der Waals surface area contributed by atoms with E-state index in [0.29, 0.717) is 35.1 Å². The predicted molar refractivity (Wildman–Crippen MR) is 235 cm³/mol. The van der Waals surface area contributed by atoms with Gasteiger partial charge in [-0.2, -0.15) is 68.9 Å². The zero-order valence-electron chi connectivity index (χ0n) is 41.3. The van der Waals surface area contributed by atoms with E-state index < -0.39 is 34.9 Å². The SMILES string of the molecule is Fc1[c-]ccc(-c2ccc(C3CC[CH-]CC3)cc2)c1F.Fc1[c-]ccc(C2CCC(C3CC[CH-]CC3)CC2)c1F.Fc1[c-]ccc(OCC2CCC(C3CC[CH-]CC3)CC2)c1F.[Y].[Y].[Y].[Y].[Y].[Y].[Y].[Y].[Y]. The van der Waals surface area contributed by atoms with Gasteiger partial charge in [-0.05, 0) is 104 Å². The van der Waals surface area contributed by atoms with Gasteiger partial charge in [0.25, 0.3) is 0 Å². The Morgan fingerprint density at radius 1 is 0.408 bits per heavy atom. The molecule has 1 nitrogen and oxygen atoms in total. The monoisotopic (exact) mass is 1650 g/mol. The summed E-state index contributed by atoms with van der Waals surface area (Å²) in [6.45, 7) is 0.492. The number of ether oxygens (including phenoxy) is 1. The Labute approximate surface area is 649 Å². The van der Waals surface area contributed by atoms with Crippen molar-refractivity contribution in [1.82, 2.24) is 0 Å². The van der Waals surface area contributed by atoms with E-state index in [-0.39, 0.29) is 306 Å². The Bertz CT molecular complexity index is 1980. The van der Waals surface area contributed by atoms with Gasteiger partial charge in [-0.25, -0.2) is 13.2 Å². The Kier molecular flexibility index (Phi) is 51.2. The van der Waals surface area contributed by atoms with Crippen LogP contribution in [0.15, 0.2) is 60.7 Å². The zero-order valence-corrected chi connectivity index (χ0v) is 66.8. The van der Waals surface area contributed by atoms with Gasteiger partial charge in [0.15, 0.2) is 0 Å². The van der Waals surface area contributed by atoms with Crippen molar-refractivity contribution < 1.29 is 325 Å². The third-order valence-corrected chi connectivity index (χ3v) is 14.7. The molecule has 9 radical (unpaired) electrons. The summed E-state index contributed by atoms with van der Waals surface area (Å²) in [5.41, 5.74) is 2.87. The molecule has 5 aliphatic carbocycles. The first-order chi connectivity index (χ1) is 30.2. The third-order valence-electron chi connectivity index (χ3n) is 14.7. The van der Waals surface area contributed by atoms with Crippen LogP contribution in [0, 0.1) is 102 Å². The van der Waals surface area contributed by atoms with Crippen LogP contribution in [0.2, 0.25) is 0 Å². The van der Waals surface area contributed by atoms with Crippen LogP contribution in [-0.4, -0.2) is 6.61 Å². The standard InChI is InChI=1S/C19H24F2O.C18H22F2.C18H16F2.9Y/c20-17-7-4-8-18(19(17)21)22-13-14-9-11-16(12-10-14)15-5-2-1-3-6-15;2*19-17-8-4-7-16(18(17)20)15-11-9-14(10-12-15)13-5-2-1-3-6-13;;;;;;;;;/h1,4,8,14-16H,2-3,5-6,9-13H2;1,4,7,13-15H,2-3,5-6,9-12H2;1,4,7,9-13H,2-3,5-6H2;;;;;;;;;/q3*-2;;;;;;;;;. The molecule has 0 spiro atoms. The van der Waals surface area contributed by atoms with Crippen molar-refractivity contribution in [2.75, 3.05) is 6.61 Å². The van der Waals surface area contributed by atoms with Gasteiger partial charge >= 0.3 is 0 Å². The van der Waals surface area contributed by atoms with Crippen molar-refractivity contribution >= 4 is 0 Å². The van der Waals surface area contributed by atoms with Crippen LogP contribution in [0.3, 0.4) is 0 Å². The van der Waals surface area contributed by atoms with Crippen molar-refractivity contribution in [3.05, 3.63) is 144 Å². The second-order valence-electron chi connectivity index (χ2n) is 18.4. The molecule has 0 atom stereocenters. The van der Waals surface area contributed by atoms with Crippen LogP contribution in [0.25, 0.3) is 11.1 Å². The van der Waals surface area contributed by atoms with Gasteiger partial charge in [0, 0.05) is 323 Å². The third kappa shape index (κ3) is 25.9. The van der Waals surface area contributed by atoms with Crippen LogP contribution in [0.1, 0.15) is 151 Å². The maximum Gasteiger partial charge on any atom is 0.0880 e. The van der Waals surface area contributed by atoms with Gasteiger partial charge in [0.1, 0.15) is 0 Å². The smallest absolute Gasteiger partial charge is 0.0880 e.